The second-order valence-electron chi connectivity index (χ2n) is 7.15. The second kappa shape index (κ2) is 11.8. The van der Waals surface area contributed by atoms with Gasteiger partial charge in [0.15, 0.2) is 0 Å². The van der Waals surface area contributed by atoms with Gasteiger partial charge in [-0.05, 0) is 43.4 Å². The molecule has 1 aromatic rings. The van der Waals surface area contributed by atoms with E-state index >= 15 is 0 Å². The first kappa shape index (κ1) is 24.1. The third kappa shape index (κ3) is 10.2. The number of unbranched alkanes of at least 4 members (excludes halogenated alkanes) is 4. The van der Waals surface area contributed by atoms with Gasteiger partial charge in [0.1, 0.15) is 5.75 Å². The highest BCUT2D eigenvalue weighted by molar-refractivity contribution is 7.46. The van der Waals surface area contributed by atoms with Crippen molar-refractivity contribution in [2.24, 2.45) is 5.73 Å². The number of benzene rings is 1. The molecule has 0 heterocycles. The Morgan fingerprint density at radius 1 is 1.19 bits per heavy atom. The predicted molar refractivity (Wildman–Crippen MR) is 106 cm³/mol. The number of ether oxygens (including phenoxy) is 1. The minimum Gasteiger partial charge on any atom is -0.493 e. The smallest absolute Gasteiger partial charge is 0.469 e. The molecule has 0 aliphatic rings. The van der Waals surface area contributed by atoms with Crippen molar-refractivity contribution < 1.29 is 28.7 Å². The van der Waals surface area contributed by atoms with E-state index in [1.807, 2.05) is 25.1 Å². The summed E-state index contributed by atoms with van der Waals surface area (Å²) < 4.78 is 21.1. The Morgan fingerprint density at radius 2 is 1.89 bits per heavy atom. The van der Waals surface area contributed by atoms with E-state index in [0.717, 1.165) is 23.3 Å². The minimum absolute atomic E-state index is 0.334. The van der Waals surface area contributed by atoms with Crippen molar-refractivity contribution in [3.63, 3.8) is 0 Å². The van der Waals surface area contributed by atoms with Crippen LogP contribution in [0.15, 0.2) is 18.2 Å². The van der Waals surface area contributed by atoms with Crippen LogP contribution in [0.2, 0.25) is 0 Å². The molecule has 0 bridgehead atoms. The fraction of sp³-hybridized carbons (Fsp3) is 0.684. The van der Waals surface area contributed by atoms with Gasteiger partial charge in [-0.25, -0.2) is 4.57 Å². The molecule has 1 aromatic carbocycles. The van der Waals surface area contributed by atoms with Crippen LogP contribution in [0.3, 0.4) is 0 Å². The van der Waals surface area contributed by atoms with Crippen molar-refractivity contribution in [2.75, 3.05) is 19.8 Å². The maximum absolute atomic E-state index is 10.8. The fourth-order valence-electron chi connectivity index (χ4n) is 2.72. The summed E-state index contributed by atoms with van der Waals surface area (Å²) in [6.45, 7) is 4.05. The van der Waals surface area contributed by atoms with Crippen LogP contribution in [-0.2, 0) is 15.5 Å². The van der Waals surface area contributed by atoms with Crippen molar-refractivity contribution in [1.82, 2.24) is 0 Å². The van der Waals surface area contributed by atoms with E-state index in [0.29, 0.717) is 19.4 Å². The molecule has 0 fully saturated rings. The van der Waals surface area contributed by atoms with Gasteiger partial charge in [0.05, 0.1) is 25.4 Å². The highest BCUT2D eigenvalue weighted by Crippen LogP contribution is 2.37. The molecule has 0 unspecified atom stereocenters. The number of phosphoric ester groups is 1. The summed E-state index contributed by atoms with van der Waals surface area (Å²) in [5, 5.41) is 9.46. The standard InChI is InChI=1S/C19H34NO6P/c1-3-4-5-6-7-12-25-18-9-8-17(13-16(18)2)10-11-19(20,14-21)15-26-27(22,23)24/h8-9,13,21H,3-7,10-12,14-15,20H2,1-2H3,(H2,22,23,24)/t19-/m0/s1. The number of aliphatic hydroxyl groups excluding tert-OH is 1. The van der Waals surface area contributed by atoms with Crippen molar-refractivity contribution in [2.45, 2.75) is 64.3 Å². The number of hydrogen-bond acceptors (Lipinski definition) is 5. The van der Waals surface area contributed by atoms with E-state index in [1.54, 1.807) is 0 Å². The van der Waals surface area contributed by atoms with E-state index in [1.165, 1.54) is 25.7 Å². The molecule has 0 aliphatic heterocycles. The lowest BCUT2D eigenvalue weighted by Crippen LogP contribution is -2.48. The first-order chi connectivity index (χ1) is 12.7. The number of aryl methyl sites for hydroxylation is 2. The number of aliphatic hydroxyl groups is 1. The number of rotatable bonds is 14. The zero-order valence-corrected chi connectivity index (χ0v) is 17.3. The van der Waals surface area contributed by atoms with Gasteiger partial charge in [0, 0.05) is 0 Å². The molecule has 5 N–H and O–H groups in total. The zero-order chi connectivity index (χ0) is 20.3. The predicted octanol–water partition coefficient (Wildman–Crippen LogP) is 3.08. The van der Waals surface area contributed by atoms with Crippen molar-refractivity contribution in [1.29, 1.82) is 0 Å². The molecule has 0 amide bonds. The molecular weight excluding hydrogens is 369 g/mol. The lowest BCUT2D eigenvalue weighted by molar-refractivity contribution is 0.102. The highest BCUT2D eigenvalue weighted by Gasteiger charge is 2.28. The Bertz CT molecular complexity index is 606. The molecule has 27 heavy (non-hydrogen) atoms. The Kier molecular flexibility index (Phi) is 10.5. The van der Waals surface area contributed by atoms with Crippen molar-refractivity contribution in [3.8, 4) is 5.75 Å². The van der Waals surface area contributed by atoms with Crippen LogP contribution in [0, 0.1) is 6.92 Å². The number of hydrogen-bond donors (Lipinski definition) is 4. The van der Waals surface area contributed by atoms with Crippen LogP contribution in [-0.4, -0.2) is 40.3 Å². The minimum atomic E-state index is -4.61. The first-order valence-electron chi connectivity index (χ1n) is 9.51. The van der Waals surface area contributed by atoms with E-state index in [4.69, 9.17) is 20.3 Å². The number of nitrogens with two attached hydrogens (primary N) is 1. The summed E-state index contributed by atoms with van der Waals surface area (Å²) in [5.41, 5.74) is 6.83. The summed E-state index contributed by atoms with van der Waals surface area (Å²) in [6.07, 6.45) is 6.86. The highest BCUT2D eigenvalue weighted by atomic mass is 31.2. The molecule has 0 saturated carbocycles. The fourth-order valence-corrected chi connectivity index (χ4v) is 3.14. The van der Waals surface area contributed by atoms with Crippen molar-refractivity contribution in [3.05, 3.63) is 29.3 Å². The summed E-state index contributed by atoms with van der Waals surface area (Å²) in [5.74, 6) is 0.861. The molecule has 7 nitrogen and oxygen atoms in total. The van der Waals surface area contributed by atoms with E-state index in [-0.39, 0.29) is 0 Å². The molecule has 0 radical (unpaired) electrons. The van der Waals surface area contributed by atoms with Crippen LogP contribution >= 0.6 is 7.82 Å². The van der Waals surface area contributed by atoms with E-state index < -0.39 is 26.6 Å². The van der Waals surface area contributed by atoms with Crippen molar-refractivity contribution >= 4 is 7.82 Å². The molecule has 0 spiro atoms. The molecule has 8 heteroatoms. The topological polar surface area (TPSA) is 122 Å². The Labute approximate surface area is 162 Å². The molecule has 156 valence electrons. The molecule has 0 aliphatic carbocycles. The van der Waals surface area contributed by atoms with Gasteiger partial charge < -0.3 is 25.4 Å². The molecular formula is C19H34NO6P. The largest absolute Gasteiger partial charge is 0.493 e. The quantitative estimate of drug-likeness (QED) is 0.278. The molecule has 0 aromatic heterocycles. The van der Waals surface area contributed by atoms with Crippen LogP contribution in [0.5, 0.6) is 5.75 Å². The normalized spacial score (nSPS) is 14.1. The zero-order valence-electron chi connectivity index (χ0n) is 16.4. The lowest BCUT2D eigenvalue weighted by atomic mass is 9.93. The summed E-state index contributed by atoms with van der Waals surface area (Å²) in [6, 6.07) is 5.88. The van der Waals surface area contributed by atoms with Gasteiger partial charge in [-0.15, -0.1) is 0 Å². The molecule has 1 rings (SSSR count). The Balaban J connectivity index is 2.49. The van der Waals surface area contributed by atoms with Gasteiger partial charge in [-0.1, -0.05) is 44.7 Å². The van der Waals surface area contributed by atoms with Gasteiger partial charge in [0.2, 0.25) is 0 Å². The summed E-state index contributed by atoms with van der Waals surface area (Å²) in [4.78, 5) is 17.6. The summed E-state index contributed by atoms with van der Waals surface area (Å²) in [7, 11) is -4.61. The van der Waals surface area contributed by atoms with Crippen LogP contribution in [0.25, 0.3) is 0 Å². The Hall–Kier alpha value is -0.950. The summed E-state index contributed by atoms with van der Waals surface area (Å²) >= 11 is 0. The van der Waals surface area contributed by atoms with Gasteiger partial charge in [-0.3, -0.25) is 4.52 Å². The van der Waals surface area contributed by atoms with E-state index in [9.17, 15) is 9.67 Å². The number of phosphoric acid groups is 1. The van der Waals surface area contributed by atoms with Crippen LogP contribution in [0.1, 0.15) is 56.6 Å². The maximum atomic E-state index is 10.8. The van der Waals surface area contributed by atoms with Crippen LogP contribution < -0.4 is 10.5 Å². The van der Waals surface area contributed by atoms with Gasteiger partial charge >= 0.3 is 7.82 Å². The second-order valence-corrected chi connectivity index (χ2v) is 8.39. The van der Waals surface area contributed by atoms with Gasteiger partial charge in [0.25, 0.3) is 0 Å². The lowest BCUT2D eigenvalue weighted by Gasteiger charge is -2.27. The van der Waals surface area contributed by atoms with Crippen LogP contribution in [0.4, 0.5) is 0 Å². The average Bonchev–Trinajstić information content (AvgIpc) is 2.62. The third-order valence-electron chi connectivity index (χ3n) is 4.49. The maximum Gasteiger partial charge on any atom is 0.469 e. The monoisotopic (exact) mass is 403 g/mol. The third-order valence-corrected chi connectivity index (χ3v) is 4.96. The average molecular weight is 403 g/mol. The Morgan fingerprint density at radius 3 is 2.48 bits per heavy atom. The molecule has 1 atom stereocenters. The van der Waals surface area contributed by atoms with E-state index in [2.05, 4.69) is 11.4 Å². The molecule has 0 saturated heterocycles. The van der Waals surface area contributed by atoms with Gasteiger partial charge in [-0.2, -0.15) is 0 Å². The first-order valence-corrected chi connectivity index (χ1v) is 11.0. The SMILES string of the molecule is CCCCCCCOc1ccc(CC[C@](N)(CO)COP(=O)(O)O)cc1C.